The molecule has 1 aliphatic carbocycles. The number of benzene rings is 10. The summed E-state index contributed by atoms with van der Waals surface area (Å²) in [5.41, 5.74) is 15.1. The molecular weight excluding hydrogens is 735 g/mol. The Morgan fingerprint density at radius 3 is 1.78 bits per heavy atom. The Balaban J connectivity index is 1.04. The van der Waals surface area contributed by atoms with E-state index in [9.17, 15) is 0 Å². The Morgan fingerprint density at radius 2 is 1.00 bits per heavy atom. The summed E-state index contributed by atoms with van der Waals surface area (Å²) in [5, 5.41) is 9.74. The van der Waals surface area contributed by atoms with E-state index in [1.807, 2.05) is 17.4 Å². The molecule has 13 rings (SSSR count). The van der Waals surface area contributed by atoms with Crippen molar-refractivity contribution in [1.82, 2.24) is 0 Å². The first-order valence-corrected chi connectivity index (χ1v) is 21.0. The molecule has 0 fully saturated rings. The molecule has 0 bridgehead atoms. The van der Waals surface area contributed by atoms with Gasteiger partial charge in [-0.1, -0.05) is 133 Å². The van der Waals surface area contributed by atoms with Crippen LogP contribution in [-0.4, -0.2) is 0 Å². The van der Waals surface area contributed by atoms with Crippen LogP contribution >= 0.6 is 11.3 Å². The van der Waals surface area contributed by atoms with Gasteiger partial charge in [0.25, 0.3) is 0 Å². The van der Waals surface area contributed by atoms with Gasteiger partial charge in [-0.25, -0.2) is 0 Å². The van der Waals surface area contributed by atoms with Crippen molar-refractivity contribution in [1.29, 1.82) is 0 Å². The summed E-state index contributed by atoms with van der Waals surface area (Å²) in [6, 6.07) is 73.2. The van der Waals surface area contributed by atoms with Crippen LogP contribution in [0.2, 0.25) is 0 Å². The molecule has 0 N–H and O–H groups in total. The number of thiophene rings is 1. The van der Waals surface area contributed by atoms with Gasteiger partial charge in [-0.2, -0.15) is 0 Å². The Morgan fingerprint density at radius 1 is 0.373 bits per heavy atom. The van der Waals surface area contributed by atoms with Gasteiger partial charge in [0.2, 0.25) is 0 Å². The molecule has 0 saturated carbocycles. The molecule has 0 spiro atoms. The summed E-state index contributed by atoms with van der Waals surface area (Å²) in [7, 11) is 0. The van der Waals surface area contributed by atoms with Gasteiger partial charge in [-0.15, -0.1) is 11.3 Å². The summed E-state index contributed by atoms with van der Waals surface area (Å²) in [5.74, 6) is 0. The van der Waals surface area contributed by atoms with Gasteiger partial charge in [0.1, 0.15) is 5.58 Å². The number of rotatable bonds is 5. The van der Waals surface area contributed by atoms with E-state index in [4.69, 9.17) is 4.42 Å². The Labute approximate surface area is 344 Å². The van der Waals surface area contributed by atoms with Crippen molar-refractivity contribution in [2.75, 3.05) is 4.90 Å². The van der Waals surface area contributed by atoms with Crippen molar-refractivity contribution in [2.45, 2.75) is 0 Å². The van der Waals surface area contributed by atoms with Crippen molar-refractivity contribution in [2.24, 2.45) is 0 Å². The number of hydrogen-bond donors (Lipinski definition) is 0. The van der Waals surface area contributed by atoms with E-state index in [-0.39, 0.29) is 0 Å². The van der Waals surface area contributed by atoms with E-state index in [0.717, 1.165) is 39.0 Å². The Bertz CT molecular complexity index is 3670. The molecule has 1 aliphatic rings. The SMILES string of the molecule is c1ccc(-c2ccc3cc4c(cc3c2)-c2cc3cc(N(c5ccc6c(sc7ccccc76)c5-c5ccccc5)c5cccc6c5oc5ccccc56)ccc3cc2-4)cc1. The molecule has 12 aromatic rings. The fraction of sp³-hybridized carbons (Fsp3) is 0. The largest absolute Gasteiger partial charge is 0.454 e. The zero-order chi connectivity index (χ0) is 38.6. The van der Waals surface area contributed by atoms with Crippen molar-refractivity contribution >= 4 is 92.1 Å². The van der Waals surface area contributed by atoms with Crippen LogP contribution in [0.5, 0.6) is 0 Å². The number of nitrogens with zero attached hydrogens (tertiary/aromatic N) is 1. The molecule has 3 heteroatoms. The third kappa shape index (κ3) is 4.92. The normalized spacial score (nSPS) is 12.1. The van der Waals surface area contributed by atoms with Crippen LogP contribution in [0.3, 0.4) is 0 Å². The zero-order valence-electron chi connectivity index (χ0n) is 31.8. The Kier molecular flexibility index (Phi) is 6.92. The van der Waals surface area contributed by atoms with Crippen LogP contribution in [0.25, 0.3) is 108 Å². The topological polar surface area (TPSA) is 16.4 Å². The molecule has 0 radical (unpaired) electrons. The van der Waals surface area contributed by atoms with Gasteiger partial charge in [-0.3, -0.25) is 0 Å². The number of anilines is 3. The maximum atomic E-state index is 6.79. The molecule has 0 unspecified atom stereocenters. The highest BCUT2D eigenvalue weighted by molar-refractivity contribution is 7.26. The van der Waals surface area contributed by atoms with E-state index < -0.39 is 0 Å². The Hall–Kier alpha value is -7.46. The van der Waals surface area contributed by atoms with Gasteiger partial charge < -0.3 is 9.32 Å². The number of para-hydroxylation sites is 2. The van der Waals surface area contributed by atoms with Gasteiger partial charge in [0, 0.05) is 42.2 Å². The predicted octanol–water partition coefficient (Wildman–Crippen LogP) is 16.7. The van der Waals surface area contributed by atoms with Crippen LogP contribution in [0.4, 0.5) is 17.1 Å². The standard InChI is InChI=1S/C56H33NOS/c1-3-12-34(13-4-1)36-22-23-37-30-46-47-31-38-24-25-41(29-40(38)33-49(47)48(46)32-39(37)28-36)57(51-19-11-18-44-42-16-7-9-20-52(42)58-55(44)51)50-27-26-45-43-17-8-10-21-53(43)59-56(45)54(50)35-14-5-2-6-15-35/h1-33H. The lowest BCUT2D eigenvalue weighted by Crippen LogP contribution is -2.12. The molecule has 0 atom stereocenters. The van der Waals surface area contributed by atoms with E-state index >= 15 is 0 Å². The van der Waals surface area contributed by atoms with Crippen LogP contribution in [0.1, 0.15) is 0 Å². The quantitative estimate of drug-likeness (QED) is 0.173. The first-order chi connectivity index (χ1) is 29.2. The summed E-state index contributed by atoms with van der Waals surface area (Å²) in [4.78, 5) is 2.43. The highest BCUT2D eigenvalue weighted by Gasteiger charge is 2.27. The average molecular weight is 768 g/mol. The first kappa shape index (κ1) is 32.6. The predicted molar refractivity (Wildman–Crippen MR) is 252 cm³/mol. The molecule has 2 aromatic heterocycles. The minimum atomic E-state index is 0.872. The van der Waals surface area contributed by atoms with E-state index in [1.54, 1.807) is 0 Å². The lowest BCUT2D eigenvalue weighted by molar-refractivity contribution is 0.669. The monoisotopic (exact) mass is 767 g/mol. The molecule has 274 valence electrons. The lowest BCUT2D eigenvalue weighted by Gasteiger charge is -2.29. The second-order valence-electron chi connectivity index (χ2n) is 15.6. The van der Waals surface area contributed by atoms with Gasteiger partial charge in [0.15, 0.2) is 5.58 Å². The zero-order valence-corrected chi connectivity index (χ0v) is 32.6. The van der Waals surface area contributed by atoms with E-state index in [2.05, 4.69) is 199 Å². The van der Waals surface area contributed by atoms with Gasteiger partial charge >= 0.3 is 0 Å². The summed E-state index contributed by atoms with van der Waals surface area (Å²) >= 11 is 1.87. The van der Waals surface area contributed by atoms with Gasteiger partial charge in [-0.05, 0) is 127 Å². The molecule has 0 saturated heterocycles. The average Bonchev–Trinajstić information content (AvgIpc) is 3.87. The summed E-state index contributed by atoms with van der Waals surface area (Å²) < 4.78 is 9.36. The molecular formula is C56H33NOS. The first-order valence-electron chi connectivity index (χ1n) is 20.2. The molecule has 0 aliphatic heterocycles. The molecule has 2 nitrogen and oxygen atoms in total. The summed E-state index contributed by atoms with van der Waals surface area (Å²) in [6.45, 7) is 0. The van der Waals surface area contributed by atoms with Crippen LogP contribution < -0.4 is 4.90 Å². The smallest absolute Gasteiger partial charge is 0.159 e. The molecule has 10 aromatic carbocycles. The van der Waals surface area contributed by atoms with Crippen LogP contribution in [0.15, 0.2) is 205 Å². The number of hydrogen-bond acceptors (Lipinski definition) is 3. The van der Waals surface area contributed by atoms with E-state index in [0.29, 0.717) is 0 Å². The van der Waals surface area contributed by atoms with Crippen molar-refractivity contribution in [3.63, 3.8) is 0 Å². The fourth-order valence-corrected chi connectivity index (χ4v) is 10.8. The number of furan rings is 1. The van der Waals surface area contributed by atoms with Crippen molar-refractivity contribution < 1.29 is 4.42 Å². The minimum Gasteiger partial charge on any atom is -0.454 e. The second kappa shape index (κ2) is 12.5. The number of fused-ring (bicyclic) bond motifs is 12. The second-order valence-corrected chi connectivity index (χ2v) is 16.7. The van der Waals surface area contributed by atoms with E-state index in [1.165, 1.54) is 86.2 Å². The maximum absolute atomic E-state index is 6.79. The van der Waals surface area contributed by atoms with Crippen LogP contribution in [-0.2, 0) is 0 Å². The fourth-order valence-electron chi connectivity index (χ4n) is 9.53. The highest BCUT2D eigenvalue weighted by Crippen LogP contribution is 2.53. The van der Waals surface area contributed by atoms with Gasteiger partial charge in [0.05, 0.1) is 11.4 Å². The lowest BCUT2D eigenvalue weighted by atomic mass is 9.77. The molecule has 59 heavy (non-hydrogen) atoms. The third-order valence-corrected chi connectivity index (χ3v) is 13.5. The summed E-state index contributed by atoms with van der Waals surface area (Å²) in [6.07, 6.45) is 0. The molecule has 2 heterocycles. The van der Waals surface area contributed by atoms with Crippen molar-refractivity contribution in [3.05, 3.63) is 200 Å². The van der Waals surface area contributed by atoms with Crippen molar-refractivity contribution in [3.8, 4) is 44.5 Å². The third-order valence-electron chi connectivity index (χ3n) is 12.3. The molecule has 0 amide bonds. The minimum absolute atomic E-state index is 0.872. The maximum Gasteiger partial charge on any atom is 0.159 e. The highest BCUT2D eigenvalue weighted by atomic mass is 32.1. The van der Waals surface area contributed by atoms with Crippen LogP contribution in [0, 0.1) is 0 Å².